The van der Waals surface area contributed by atoms with E-state index in [9.17, 15) is 22.4 Å². The number of hydrogen-bond acceptors (Lipinski definition) is 4. The molecule has 0 aliphatic rings. The van der Waals surface area contributed by atoms with Crippen molar-refractivity contribution in [3.05, 3.63) is 131 Å². The molecule has 9 heteroatoms. The van der Waals surface area contributed by atoms with Crippen molar-refractivity contribution >= 4 is 27.5 Å². The monoisotopic (exact) mass is 615 g/mol. The highest BCUT2D eigenvalue weighted by Gasteiger charge is 2.35. The zero-order valence-corrected chi connectivity index (χ0v) is 26.3. The van der Waals surface area contributed by atoms with E-state index in [1.165, 1.54) is 29.2 Å². The molecule has 0 saturated heterocycles. The maximum atomic E-state index is 14.4. The highest BCUT2D eigenvalue weighted by atomic mass is 32.2. The lowest BCUT2D eigenvalue weighted by atomic mass is 10.0. The van der Waals surface area contributed by atoms with Crippen LogP contribution in [0.1, 0.15) is 34.7 Å². The first kappa shape index (κ1) is 32.4. The lowest BCUT2D eigenvalue weighted by Gasteiger charge is -2.34. The molecule has 1 N–H and O–H groups in total. The molecule has 230 valence electrons. The Morgan fingerprint density at radius 3 is 2.07 bits per heavy atom. The van der Waals surface area contributed by atoms with Crippen molar-refractivity contribution in [2.24, 2.45) is 0 Å². The van der Waals surface area contributed by atoms with Gasteiger partial charge in [0, 0.05) is 19.5 Å². The maximum absolute atomic E-state index is 14.4. The third-order valence-electron chi connectivity index (χ3n) is 7.40. The van der Waals surface area contributed by atoms with Crippen LogP contribution in [-0.4, -0.2) is 44.3 Å². The Bertz CT molecular complexity index is 1690. The van der Waals surface area contributed by atoms with Crippen LogP contribution in [0, 0.1) is 26.6 Å². The number of sulfonamides is 1. The van der Waals surface area contributed by atoms with Gasteiger partial charge in [0.1, 0.15) is 18.4 Å². The Morgan fingerprint density at radius 1 is 0.818 bits per heavy atom. The Morgan fingerprint density at radius 2 is 1.45 bits per heavy atom. The number of hydrogen-bond donors (Lipinski definition) is 1. The number of anilines is 1. The van der Waals surface area contributed by atoms with E-state index in [1.54, 1.807) is 50.2 Å². The van der Waals surface area contributed by atoms with E-state index in [-0.39, 0.29) is 23.8 Å². The maximum Gasteiger partial charge on any atom is 0.264 e. The highest BCUT2D eigenvalue weighted by molar-refractivity contribution is 7.92. The number of halogens is 1. The van der Waals surface area contributed by atoms with E-state index in [0.29, 0.717) is 23.4 Å². The summed E-state index contributed by atoms with van der Waals surface area (Å²) >= 11 is 0. The molecule has 0 radical (unpaired) electrons. The second-order valence-corrected chi connectivity index (χ2v) is 12.7. The van der Waals surface area contributed by atoms with Crippen molar-refractivity contribution in [1.29, 1.82) is 0 Å². The van der Waals surface area contributed by atoms with E-state index in [4.69, 9.17) is 0 Å². The van der Waals surface area contributed by atoms with Crippen LogP contribution in [0.15, 0.2) is 102 Å². The van der Waals surface area contributed by atoms with Crippen molar-refractivity contribution in [2.45, 2.75) is 51.6 Å². The van der Waals surface area contributed by atoms with Gasteiger partial charge in [-0.05, 0) is 74.7 Å². The molecule has 0 bridgehead atoms. The third-order valence-corrected chi connectivity index (χ3v) is 9.17. The molecule has 0 aliphatic heterocycles. The van der Waals surface area contributed by atoms with Crippen molar-refractivity contribution in [1.82, 2.24) is 10.2 Å². The van der Waals surface area contributed by atoms with Crippen LogP contribution in [0.5, 0.6) is 0 Å². The van der Waals surface area contributed by atoms with Crippen LogP contribution in [0.25, 0.3) is 0 Å². The van der Waals surface area contributed by atoms with Gasteiger partial charge in [0.2, 0.25) is 11.8 Å². The number of rotatable bonds is 12. The van der Waals surface area contributed by atoms with Crippen LogP contribution in [-0.2, 0) is 32.6 Å². The van der Waals surface area contributed by atoms with E-state index < -0.39 is 34.3 Å². The molecule has 44 heavy (non-hydrogen) atoms. The summed E-state index contributed by atoms with van der Waals surface area (Å²) in [4.78, 5) is 29.4. The lowest BCUT2D eigenvalue weighted by molar-refractivity contribution is -0.140. The molecule has 7 nitrogen and oxygen atoms in total. The second kappa shape index (κ2) is 14.3. The molecule has 4 aromatic rings. The van der Waals surface area contributed by atoms with Gasteiger partial charge in [-0.1, -0.05) is 77.9 Å². The number of benzene rings is 4. The van der Waals surface area contributed by atoms with Gasteiger partial charge in [-0.2, -0.15) is 0 Å². The number of amides is 2. The number of likely N-dealkylation sites (N-methyl/N-ethyl adjacent to an activating group) is 1. The van der Waals surface area contributed by atoms with Gasteiger partial charge in [-0.15, -0.1) is 0 Å². The molecule has 0 fully saturated rings. The first-order valence-electron chi connectivity index (χ1n) is 14.5. The van der Waals surface area contributed by atoms with Gasteiger partial charge in [0.05, 0.1) is 10.6 Å². The Labute approximate surface area is 259 Å². The standard InChI is InChI=1S/C35H38FN3O4S/c1-5-37-35(41)33(22-28-9-7-6-8-10-28)38(23-29-14-16-30(36)17-15-29)34(40)24-39(32-20-13-26(3)21-27(32)4)44(42,43)31-18-11-25(2)12-19-31/h6-21,33H,5,22-24H2,1-4H3,(H,37,41). The third kappa shape index (κ3) is 7.90. The fourth-order valence-electron chi connectivity index (χ4n) is 5.07. The van der Waals surface area contributed by atoms with E-state index in [2.05, 4.69) is 5.32 Å². The number of aryl methyl sites for hydroxylation is 3. The molecule has 4 aromatic carbocycles. The van der Waals surface area contributed by atoms with Crippen LogP contribution < -0.4 is 9.62 Å². The molecular weight excluding hydrogens is 577 g/mol. The summed E-state index contributed by atoms with van der Waals surface area (Å²) in [5.74, 6) is -1.37. The quantitative estimate of drug-likeness (QED) is 0.221. The molecule has 4 rings (SSSR count). The summed E-state index contributed by atoms with van der Waals surface area (Å²) in [6.07, 6.45) is 0.202. The average Bonchev–Trinajstić information content (AvgIpc) is 2.99. The summed E-state index contributed by atoms with van der Waals surface area (Å²) in [5.41, 5.74) is 4.32. The Balaban J connectivity index is 1.81. The first-order valence-corrected chi connectivity index (χ1v) is 16.0. The summed E-state index contributed by atoms with van der Waals surface area (Å²) in [6, 6.07) is 25.9. The van der Waals surface area contributed by atoms with Crippen LogP contribution in [0.3, 0.4) is 0 Å². The van der Waals surface area contributed by atoms with E-state index in [1.807, 2.05) is 50.2 Å². The van der Waals surface area contributed by atoms with Crippen molar-refractivity contribution < 1.29 is 22.4 Å². The number of carbonyl (C=O) groups is 2. The fraction of sp³-hybridized carbons (Fsp3) is 0.257. The van der Waals surface area contributed by atoms with Gasteiger partial charge in [0.15, 0.2) is 0 Å². The van der Waals surface area contributed by atoms with E-state index >= 15 is 0 Å². The molecule has 1 unspecified atom stereocenters. The second-order valence-electron chi connectivity index (χ2n) is 10.9. The summed E-state index contributed by atoms with van der Waals surface area (Å²) in [5, 5.41) is 2.83. The number of carbonyl (C=O) groups excluding carboxylic acids is 2. The Hall–Kier alpha value is -4.50. The SMILES string of the molecule is CCNC(=O)C(Cc1ccccc1)N(Cc1ccc(F)cc1)C(=O)CN(c1ccc(C)cc1C)S(=O)(=O)c1ccc(C)cc1. The predicted molar refractivity (Wildman–Crippen MR) is 171 cm³/mol. The highest BCUT2D eigenvalue weighted by Crippen LogP contribution is 2.29. The fourth-order valence-corrected chi connectivity index (χ4v) is 6.55. The van der Waals surface area contributed by atoms with Crippen molar-refractivity contribution in [2.75, 3.05) is 17.4 Å². The molecule has 1 atom stereocenters. The van der Waals surface area contributed by atoms with Gasteiger partial charge >= 0.3 is 0 Å². The number of nitrogens with zero attached hydrogens (tertiary/aromatic N) is 2. The molecule has 0 saturated carbocycles. The van der Waals surface area contributed by atoms with Gasteiger partial charge in [-0.3, -0.25) is 13.9 Å². The summed E-state index contributed by atoms with van der Waals surface area (Å²) in [7, 11) is -4.19. The molecule has 0 aromatic heterocycles. The van der Waals surface area contributed by atoms with Crippen molar-refractivity contribution in [3.8, 4) is 0 Å². The Kier molecular flexibility index (Phi) is 10.5. The minimum absolute atomic E-state index is 0.0287. The van der Waals surface area contributed by atoms with Crippen LogP contribution in [0.2, 0.25) is 0 Å². The number of nitrogens with one attached hydrogen (secondary N) is 1. The van der Waals surface area contributed by atoms with Crippen LogP contribution >= 0.6 is 0 Å². The summed E-state index contributed by atoms with van der Waals surface area (Å²) in [6.45, 7) is 7.13. The summed E-state index contributed by atoms with van der Waals surface area (Å²) < 4.78 is 43.2. The van der Waals surface area contributed by atoms with Gasteiger partial charge < -0.3 is 10.2 Å². The minimum atomic E-state index is -4.19. The zero-order chi connectivity index (χ0) is 31.9. The lowest BCUT2D eigenvalue weighted by Crippen LogP contribution is -2.53. The van der Waals surface area contributed by atoms with Gasteiger partial charge in [0.25, 0.3) is 10.0 Å². The van der Waals surface area contributed by atoms with Gasteiger partial charge in [-0.25, -0.2) is 12.8 Å². The topological polar surface area (TPSA) is 86.8 Å². The molecule has 0 aliphatic carbocycles. The zero-order valence-electron chi connectivity index (χ0n) is 25.5. The largest absolute Gasteiger partial charge is 0.355 e. The predicted octanol–water partition coefficient (Wildman–Crippen LogP) is 5.72. The van der Waals surface area contributed by atoms with E-state index in [0.717, 1.165) is 21.0 Å². The molecule has 2 amide bonds. The van der Waals surface area contributed by atoms with Crippen LogP contribution in [0.4, 0.5) is 10.1 Å². The average molecular weight is 616 g/mol. The molecular formula is C35H38FN3O4S. The minimum Gasteiger partial charge on any atom is -0.355 e. The molecule has 0 spiro atoms. The molecule has 0 heterocycles. The smallest absolute Gasteiger partial charge is 0.264 e. The normalized spacial score (nSPS) is 11.9. The van der Waals surface area contributed by atoms with Crippen molar-refractivity contribution in [3.63, 3.8) is 0 Å². The first-order chi connectivity index (χ1) is 21.0.